The van der Waals surface area contributed by atoms with Crippen molar-refractivity contribution in [2.45, 2.75) is 4.90 Å². The molecule has 0 aromatic heterocycles. The van der Waals surface area contributed by atoms with E-state index < -0.39 is 11.1 Å². The van der Waals surface area contributed by atoms with Crippen LogP contribution in [-0.4, -0.2) is 8.76 Å². The monoisotopic (exact) mass is 167 g/mol. The topological polar surface area (TPSA) is 41.7 Å². The highest BCUT2D eigenvalue weighted by atomic mass is 32.2. The van der Waals surface area contributed by atoms with Gasteiger partial charge in [0.1, 0.15) is 0 Å². The van der Waals surface area contributed by atoms with Gasteiger partial charge in [0.25, 0.3) is 0 Å². The molecule has 0 spiro atoms. The Morgan fingerprint density at radius 3 is 2.82 bits per heavy atom. The lowest BCUT2D eigenvalue weighted by atomic mass is 10.3. The maximum absolute atomic E-state index is 10.5. The molecule has 0 bridgehead atoms. The van der Waals surface area contributed by atoms with E-state index in [1.165, 1.54) is 12.1 Å². The van der Waals surface area contributed by atoms with Crippen LogP contribution >= 0.6 is 0 Å². The van der Waals surface area contributed by atoms with E-state index in [2.05, 4.69) is 4.85 Å². The Morgan fingerprint density at radius 1 is 1.55 bits per heavy atom. The summed E-state index contributed by atoms with van der Waals surface area (Å²) in [6.07, 6.45) is 0. The van der Waals surface area contributed by atoms with E-state index in [-0.39, 0.29) is 4.90 Å². The predicted octanol–water partition coefficient (Wildman–Crippen LogP) is 1.82. The summed E-state index contributed by atoms with van der Waals surface area (Å²) in [5.41, 5.74) is 0.380. The van der Waals surface area contributed by atoms with Crippen molar-refractivity contribution >= 4 is 16.8 Å². The Bertz CT molecular complexity index is 329. The minimum atomic E-state index is -1.98. The molecule has 0 aliphatic heterocycles. The van der Waals surface area contributed by atoms with Crippen molar-refractivity contribution in [1.29, 1.82) is 0 Å². The molecule has 1 atom stereocenters. The van der Waals surface area contributed by atoms with Crippen LogP contribution in [0, 0.1) is 6.57 Å². The summed E-state index contributed by atoms with van der Waals surface area (Å²) in [4.78, 5) is 3.38. The molecular formula is C7H5NO2S. The van der Waals surface area contributed by atoms with Gasteiger partial charge in [0.2, 0.25) is 0 Å². The Labute approximate surface area is 66.8 Å². The largest absolute Gasteiger partial charge is 0.302 e. The van der Waals surface area contributed by atoms with Gasteiger partial charge in [0.15, 0.2) is 16.8 Å². The van der Waals surface area contributed by atoms with Crippen molar-refractivity contribution in [3.05, 3.63) is 35.7 Å². The first-order chi connectivity index (χ1) is 5.24. The molecule has 0 aliphatic carbocycles. The lowest BCUT2D eigenvalue weighted by Gasteiger charge is -1.93. The van der Waals surface area contributed by atoms with Crippen molar-refractivity contribution in [2.24, 2.45) is 0 Å². The molecule has 1 aromatic rings. The molecule has 3 nitrogen and oxygen atoms in total. The minimum Gasteiger partial charge on any atom is -0.302 e. The van der Waals surface area contributed by atoms with Crippen LogP contribution in [-0.2, 0) is 11.1 Å². The van der Waals surface area contributed by atoms with E-state index in [1.807, 2.05) is 0 Å². The fraction of sp³-hybridized carbons (Fsp3) is 0. The van der Waals surface area contributed by atoms with Gasteiger partial charge in [-0.15, -0.1) is 0 Å². The average Bonchev–Trinajstić information content (AvgIpc) is 2.05. The second kappa shape index (κ2) is 3.28. The first-order valence-electron chi connectivity index (χ1n) is 2.82. The SMILES string of the molecule is [C-]#[N+]c1cccc(S(=O)O)c1. The van der Waals surface area contributed by atoms with Crippen LogP contribution in [0.5, 0.6) is 0 Å². The molecule has 0 fully saturated rings. The quantitative estimate of drug-likeness (QED) is 0.512. The number of hydrogen-bond acceptors (Lipinski definition) is 1. The Kier molecular flexibility index (Phi) is 2.36. The highest BCUT2D eigenvalue weighted by Gasteiger charge is 1.98. The second-order valence-electron chi connectivity index (χ2n) is 1.86. The molecule has 0 heterocycles. The first kappa shape index (κ1) is 7.92. The number of hydrogen-bond donors (Lipinski definition) is 1. The molecule has 1 rings (SSSR count). The van der Waals surface area contributed by atoms with E-state index in [1.54, 1.807) is 12.1 Å². The van der Waals surface area contributed by atoms with E-state index >= 15 is 0 Å². The number of benzene rings is 1. The summed E-state index contributed by atoms with van der Waals surface area (Å²) < 4.78 is 19.1. The van der Waals surface area contributed by atoms with Crippen molar-refractivity contribution in [3.8, 4) is 0 Å². The van der Waals surface area contributed by atoms with E-state index in [9.17, 15) is 4.21 Å². The summed E-state index contributed by atoms with van der Waals surface area (Å²) in [7, 11) is 0. The molecule has 0 radical (unpaired) electrons. The zero-order valence-corrected chi connectivity index (χ0v) is 6.34. The fourth-order valence-electron chi connectivity index (χ4n) is 0.662. The van der Waals surface area contributed by atoms with E-state index in [0.29, 0.717) is 5.69 Å². The fourth-order valence-corrected chi connectivity index (χ4v) is 1.08. The lowest BCUT2D eigenvalue weighted by Crippen LogP contribution is -1.85. The summed E-state index contributed by atoms with van der Waals surface area (Å²) in [5.74, 6) is 0. The van der Waals surface area contributed by atoms with Gasteiger partial charge >= 0.3 is 0 Å². The second-order valence-corrected chi connectivity index (χ2v) is 2.83. The average molecular weight is 167 g/mol. The van der Waals surface area contributed by atoms with Gasteiger partial charge in [-0.3, -0.25) is 0 Å². The van der Waals surface area contributed by atoms with Gasteiger partial charge in [-0.1, -0.05) is 12.1 Å². The highest BCUT2D eigenvalue weighted by Crippen LogP contribution is 2.15. The van der Waals surface area contributed by atoms with Crippen molar-refractivity contribution in [1.82, 2.24) is 0 Å². The van der Waals surface area contributed by atoms with Crippen molar-refractivity contribution in [2.75, 3.05) is 0 Å². The standard InChI is InChI=1S/C7H5NO2S/c1-8-6-3-2-4-7(5-6)11(9)10/h2-5H,(H,9,10). The number of rotatable bonds is 1. The van der Waals surface area contributed by atoms with Crippen LogP contribution in [0.2, 0.25) is 0 Å². The van der Waals surface area contributed by atoms with Gasteiger partial charge < -0.3 is 4.55 Å². The molecule has 1 unspecified atom stereocenters. The Morgan fingerprint density at radius 2 is 2.27 bits per heavy atom. The predicted molar refractivity (Wildman–Crippen MR) is 41.7 cm³/mol. The summed E-state index contributed by atoms with van der Waals surface area (Å²) in [6, 6.07) is 6.06. The van der Waals surface area contributed by atoms with E-state index in [0.717, 1.165) is 0 Å². The third-order valence-corrected chi connectivity index (χ3v) is 1.81. The molecule has 56 valence electrons. The van der Waals surface area contributed by atoms with Crippen molar-refractivity contribution < 1.29 is 8.76 Å². The molecule has 0 saturated carbocycles. The van der Waals surface area contributed by atoms with Crippen molar-refractivity contribution in [3.63, 3.8) is 0 Å². The van der Waals surface area contributed by atoms with Crippen LogP contribution in [0.4, 0.5) is 5.69 Å². The third kappa shape index (κ3) is 1.87. The Hall–Kier alpha value is -1.18. The summed E-state index contributed by atoms with van der Waals surface area (Å²) in [6.45, 7) is 6.63. The molecule has 11 heavy (non-hydrogen) atoms. The molecule has 4 heteroatoms. The van der Waals surface area contributed by atoms with Gasteiger partial charge in [-0.25, -0.2) is 9.05 Å². The maximum Gasteiger partial charge on any atom is 0.188 e. The summed E-state index contributed by atoms with van der Waals surface area (Å²) >= 11 is -1.98. The van der Waals surface area contributed by atoms with Gasteiger partial charge in [0.05, 0.1) is 11.5 Å². The smallest absolute Gasteiger partial charge is 0.188 e. The molecule has 1 N–H and O–H groups in total. The number of nitrogens with zero attached hydrogens (tertiary/aromatic N) is 1. The first-order valence-corrected chi connectivity index (χ1v) is 3.93. The molecule has 1 aromatic carbocycles. The Balaban J connectivity index is 3.13. The highest BCUT2D eigenvalue weighted by molar-refractivity contribution is 7.79. The van der Waals surface area contributed by atoms with Crippen LogP contribution in [0.3, 0.4) is 0 Å². The molecule has 0 amide bonds. The van der Waals surface area contributed by atoms with Gasteiger partial charge in [0, 0.05) is 0 Å². The minimum absolute atomic E-state index is 0.263. The van der Waals surface area contributed by atoms with Crippen LogP contribution in [0.25, 0.3) is 4.85 Å². The van der Waals surface area contributed by atoms with E-state index in [4.69, 9.17) is 11.1 Å². The molecular weight excluding hydrogens is 162 g/mol. The van der Waals surface area contributed by atoms with Gasteiger partial charge in [-0.05, 0) is 12.1 Å². The molecule has 0 aliphatic rings. The molecule has 0 saturated heterocycles. The third-order valence-electron chi connectivity index (χ3n) is 1.15. The normalized spacial score (nSPS) is 12.0. The van der Waals surface area contributed by atoms with Crippen LogP contribution < -0.4 is 0 Å². The summed E-state index contributed by atoms with van der Waals surface area (Å²) in [5, 5.41) is 0. The zero-order chi connectivity index (χ0) is 8.27. The van der Waals surface area contributed by atoms with Crippen LogP contribution in [0.15, 0.2) is 29.2 Å². The zero-order valence-electron chi connectivity index (χ0n) is 5.52. The van der Waals surface area contributed by atoms with Crippen LogP contribution in [0.1, 0.15) is 0 Å². The maximum atomic E-state index is 10.5. The van der Waals surface area contributed by atoms with Gasteiger partial charge in [-0.2, -0.15) is 0 Å². The lowest BCUT2D eigenvalue weighted by molar-refractivity contribution is 0.564.